The molecule has 0 radical (unpaired) electrons. The molecule has 214 valence electrons. The number of halogens is 2. The largest absolute Gasteiger partial charge is 0.490 e. The molecule has 1 aromatic carbocycles. The van der Waals surface area contributed by atoms with E-state index in [4.69, 9.17) is 32.7 Å². The van der Waals surface area contributed by atoms with E-state index >= 15 is 0 Å². The maximum Gasteiger partial charge on any atom is 0.408 e. The molecule has 1 unspecified atom stereocenters. The van der Waals surface area contributed by atoms with Crippen LogP contribution in [-0.4, -0.2) is 78.8 Å². The Morgan fingerprint density at radius 2 is 1.90 bits per heavy atom. The third kappa shape index (κ3) is 8.98. The van der Waals surface area contributed by atoms with Crippen molar-refractivity contribution in [1.29, 1.82) is 0 Å². The second-order valence-corrected chi connectivity index (χ2v) is 11.3. The molecule has 10 heteroatoms. The summed E-state index contributed by atoms with van der Waals surface area (Å²) in [6.45, 7) is 7.34. The quantitative estimate of drug-likeness (QED) is 0.376. The van der Waals surface area contributed by atoms with Gasteiger partial charge in [-0.05, 0) is 77.0 Å². The molecule has 1 saturated heterocycles. The minimum atomic E-state index is -0.822. The minimum absolute atomic E-state index is 0.172. The average molecular weight is 580 g/mol. The zero-order chi connectivity index (χ0) is 28.5. The van der Waals surface area contributed by atoms with Crippen LogP contribution in [0.25, 0.3) is 0 Å². The highest BCUT2D eigenvalue weighted by atomic mass is 35.5. The topological polar surface area (TPSA) is 84.0 Å². The molecule has 2 atom stereocenters. The molecule has 2 heterocycles. The highest BCUT2D eigenvalue weighted by Crippen LogP contribution is 2.33. The van der Waals surface area contributed by atoms with Crippen LogP contribution in [0.15, 0.2) is 36.5 Å². The summed E-state index contributed by atoms with van der Waals surface area (Å²) in [5.74, 6) is 0.804. The van der Waals surface area contributed by atoms with Crippen molar-refractivity contribution in [3.8, 4) is 5.75 Å². The lowest BCUT2D eigenvalue weighted by Gasteiger charge is -2.35. The van der Waals surface area contributed by atoms with Gasteiger partial charge in [0.25, 0.3) is 0 Å². The van der Waals surface area contributed by atoms with Crippen molar-refractivity contribution in [3.05, 3.63) is 57.8 Å². The van der Waals surface area contributed by atoms with E-state index in [1.807, 2.05) is 12.1 Å². The van der Waals surface area contributed by atoms with Crippen LogP contribution in [-0.2, 0) is 16.0 Å². The normalized spacial score (nSPS) is 15.8. The molecule has 1 N–H and O–H groups in total. The summed E-state index contributed by atoms with van der Waals surface area (Å²) in [4.78, 5) is 34.7. The van der Waals surface area contributed by atoms with Gasteiger partial charge in [-0.15, -0.1) is 0 Å². The number of aromatic nitrogens is 1. The van der Waals surface area contributed by atoms with Crippen LogP contribution in [0, 0.1) is 0 Å². The smallest absolute Gasteiger partial charge is 0.408 e. The number of benzene rings is 1. The molecule has 1 fully saturated rings. The fraction of sp³-hybridized carbons (Fsp3) is 0.552. The van der Waals surface area contributed by atoms with Crippen molar-refractivity contribution in [3.63, 3.8) is 0 Å². The van der Waals surface area contributed by atoms with Crippen LogP contribution < -0.4 is 10.1 Å². The van der Waals surface area contributed by atoms with Crippen LogP contribution in [0.1, 0.15) is 57.2 Å². The number of amides is 2. The summed E-state index contributed by atoms with van der Waals surface area (Å²) < 4.78 is 11.5. The van der Waals surface area contributed by atoms with Crippen LogP contribution in [0.4, 0.5) is 4.79 Å². The van der Waals surface area contributed by atoms with E-state index in [1.165, 1.54) is 0 Å². The SMILES string of the molecule is CC[C@H](COc1cccnc1C1CCN(C(=O)C(Cc2ccc(Cl)cc2Cl)NC(=O)OC(C)C)CC1)N(C)C. The van der Waals surface area contributed by atoms with Crippen LogP contribution in [0.2, 0.25) is 10.0 Å². The highest BCUT2D eigenvalue weighted by molar-refractivity contribution is 6.35. The number of hydrogen-bond donors (Lipinski definition) is 1. The zero-order valence-electron chi connectivity index (χ0n) is 23.5. The minimum Gasteiger partial charge on any atom is -0.490 e. The van der Waals surface area contributed by atoms with E-state index in [9.17, 15) is 9.59 Å². The van der Waals surface area contributed by atoms with Gasteiger partial charge < -0.3 is 24.6 Å². The van der Waals surface area contributed by atoms with E-state index in [0.29, 0.717) is 35.8 Å². The number of pyridine rings is 1. The van der Waals surface area contributed by atoms with Gasteiger partial charge >= 0.3 is 6.09 Å². The fourth-order valence-corrected chi connectivity index (χ4v) is 5.23. The van der Waals surface area contributed by atoms with Crippen molar-refractivity contribution in [1.82, 2.24) is 20.1 Å². The number of alkyl carbamates (subject to hydrolysis) is 1. The summed E-state index contributed by atoms with van der Waals surface area (Å²) in [6, 6.07) is 8.48. The fourth-order valence-electron chi connectivity index (χ4n) is 4.74. The number of ether oxygens (including phenoxy) is 2. The molecule has 1 aromatic heterocycles. The summed E-state index contributed by atoms with van der Waals surface area (Å²) in [5.41, 5.74) is 1.65. The number of likely N-dealkylation sites (N-methyl/N-ethyl adjacent to an activating group) is 1. The summed E-state index contributed by atoms with van der Waals surface area (Å²) in [7, 11) is 4.11. The Balaban J connectivity index is 1.69. The number of rotatable bonds is 11. The number of likely N-dealkylation sites (tertiary alicyclic amines) is 1. The lowest BCUT2D eigenvalue weighted by atomic mass is 9.91. The second kappa shape index (κ2) is 14.7. The molecular formula is C29H40Cl2N4O4. The average Bonchev–Trinajstić information content (AvgIpc) is 2.89. The Labute approximate surface area is 241 Å². The Kier molecular flexibility index (Phi) is 11.7. The summed E-state index contributed by atoms with van der Waals surface area (Å²) in [6.07, 6.45) is 3.55. The van der Waals surface area contributed by atoms with Crippen molar-refractivity contribution in [2.24, 2.45) is 0 Å². The Morgan fingerprint density at radius 1 is 1.18 bits per heavy atom. The van der Waals surface area contributed by atoms with Crippen LogP contribution in [0.5, 0.6) is 5.75 Å². The van der Waals surface area contributed by atoms with E-state index in [0.717, 1.165) is 36.3 Å². The molecule has 1 aliphatic rings. The standard InChI is InChI=1S/C29H40Cl2N4O4/c1-6-23(34(4)5)18-38-26-8-7-13-32-27(26)20-11-14-35(15-12-20)28(36)25(33-29(37)39-19(2)3)16-21-9-10-22(30)17-24(21)31/h7-10,13,17,19-20,23,25H,6,11-12,14-16,18H2,1-5H3,(H,33,37)/t23-,25?/m1/s1. The second-order valence-electron chi connectivity index (χ2n) is 10.4. The lowest BCUT2D eigenvalue weighted by Crippen LogP contribution is -2.52. The van der Waals surface area contributed by atoms with Gasteiger partial charge in [-0.25, -0.2) is 4.79 Å². The molecule has 2 amide bonds. The Bertz CT molecular complexity index is 1110. The molecule has 2 aromatic rings. The van der Waals surface area contributed by atoms with Gasteiger partial charge in [0.05, 0.1) is 11.8 Å². The molecule has 0 saturated carbocycles. The van der Waals surface area contributed by atoms with Gasteiger partial charge in [-0.1, -0.05) is 36.2 Å². The number of piperidine rings is 1. The lowest BCUT2D eigenvalue weighted by molar-refractivity contribution is -0.134. The molecule has 39 heavy (non-hydrogen) atoms. The van der Waals surface area contributed by atoms with Crippen molar-refractivity contribution >= 4 is 35.2 Å². The predicted molar refractivity (Wildman–Crippen MR) is 155 cm³/mol. The Hall–Kier alpha value is -2.55. The van der Waals surface area contributed by atoms with Gasteiger partial charge in [0.15, 0.2) is 0 Å². The van der Waals surface area contributed by atoms with Gasteiger partial charge in [-0.2, -0.15) is 0 Å². The first kappa shape index (κ1) is 31.0. The summed E-state index contributed by atoms with van der Waals surface area (Å²) in [5, 5.41) is 3.70. The zero-order valence-corrected chi connectivity index (χ0v) is 25.0. The maximum atomic E-state index is 13.6. The number of hydrogen-bond acceptors (Lipinski definition) is 6. The molecule has 0 bridgehead atoms. The monoisotopic (exact) mass is 578 g/mol. The predicted octanol–water partition coefficient (Wildman–Crippen LogP) is 5.56. The molecule has 3 rings (SSSR count). The molecule has 1 aliphatic heterocycles. The van der Waals surface area contributed by atoms with Crippen LogP contribution in [0.3, 0.4) is 0 Å². The Morgan fingerprint density at radius 3 is 2.51 bits per heavy atom. The molecule has 0 aliphatic carbocycles. The van der Waals surface area contributed by atoms with Gasteiger partial charge in [0.1, 0.15) is 18.4 Å². The van der Waals surface area contributed by atoms with E-state index in [2.05, 4.69) is 36.2 Å². The molecular weight excluding hydrogens is 539 g/mol. The van der Waals surface area contributed by atoms with Crippen molar-refractivity contribution in [2.75, 3.05) is 33.8 Å². The number of nitrogens with zero attached hydrogens (tertiary/aromatic N) is 3. The number of carbonyl (C=O) groups is 2. The van der Waals surface area contributed by atoms with E-state index in [1.54, 1.807) is 43.1 Å². The van der Waals surface area contributed by atoms with Crippen molar-refractivity contribution < 1.29 is 19.1 Å². The number of nitrogens with one attached hydrogen (secondary N) is 1. The first-order chi connectivity index (χ1) is 18.6. The number of carbonyl (C=O) groups excluding carboxylic acids is 2. The highest BCUT2D eigenvalue weighted by Gasteiger charge is 2.32. The van der Waals surface area contributed by atoms with E-state index in [-0.39, 0.29) is 24.3 Å². The van der Waals surface area contributed by atoms with Gasteiger partial charge in [0, 0.05) is 47.7 Å². The maximum absolute atomic E-state index is 13.6. The first-order valence-electron chi connectivity index (χ1n) is 13.5. The third-order valence-electron chi connectivity index (χ3n) is 7.00. The molecule has 0 spiro atoms. The van der Waals surface area contributed by atoms with Gasteiger partial charge in [-0.3, -0.25) is 9.78 Å². The van der Waals surface area contributed by atoms with Crippen LogP contribution >= 0.6 is 23.2 Å². The van der Waals surface area contributed by atoms with Gasteiger partial charge in [0.2, 0.25) is 5.91 Å². The first-order valence-corrected chi connectivity index (χ1v) is 14.3. The third-order valence-corrected chi connectivity index (χ3v) is 7.58. The van der Waals surface area contributed by atoms with E-state index < -0.39 is 12.1 Å². The van der Waals surface area contributed by atoms with Crippen molar-refractivity contribution in [2.45, 2.75) is 70.6 Å². The molecule has 8 nitrogen and oxygen atoms in total. The summed E-state index contributed by atoms with van der Waals surface area (Å²) >= 11 is 12.4.